The minimum absolute atomic E-state index is 0.529. The third-order valence-corrected chi connectivity index (χ3v) is 6.66. The average Bonchev–Trinajstić information content (AvgIpc) is 2.80. The molecule has 0 saturated heterocycles. The minimum Gasteiger partial charge on any atom is -0.493 e. The Hall–Kier alpha value is -2.20. The summed E-state index contributed by atoms with van der Waals surface area (Å²) < 4.78 is 17.6. The molecule has 1 saturated carbocycles. The Morgan fingerprint density at radius 1 is 1.10 bits per heavy atom. The molecule has 5 heteroatoms. The summed E-state index contributed by atoms with van der Waals surface area (Å²) >= 11 is 6.46. The van der Waals surface area contributed by atoms with Crippen molar-refractivity contribution in [3.8, 4) is 17.2 Å². The lowest BCUT2D eigenvalue weighted by Gasteiger charge is -2.31. The van der Waals surface area contributed by atoms with Crippen molar-refractivity contribution in [3.05, 3.63) is 52.5 Å². The highest BCUT2D eigenvalue weighted by Gasteiger charge is 2.31. The summed E-state index contributed by atoms with van der Waals surface area (Å²) in [5.74, 6) is 2.85. The second-order valence-electron chi connectivity index (χ2n) is 8.88. The molecule has 1 aliphatic heterocycles. The highest BCUT2D eigenvalue weighted by molar-refractivity contribution is 6.32. The first-order chi connectivity index (χ1) is 15.1. The minimum atomic E-state index is -0.745. The molecule has 0 amide bonds. The number of aldehydes is 1. The number of halogens is 1. The molecule has 2 aromatic rings. The molecule has 2 aliphatic rings. The van der Waals surface area contributed by atoms with E-state index in [0.29, 0.717) is 30.6 Å². The van der Waals surface area contributed by atoms with Crippen LogP contribution in [0, 0.1) is 0 Å². The number of ether oxygens (including phenoxy) is 3. The molecule has 0 radical (unpaired) electrons. The summed E-state index contributed by atoms with van der Waals surface area (Å²) in [4.78, 5) is 11.3. The van der Waals surface area contributed by atoms with E-state index in [0.717, 1.165) is 41.9 Å². The smallest absolute Gasteiger partial charge is 0.163 e. The lowest BCUT2D eigenvalue weighted by atomic mass is 9.84. The fraction of sp³-hybridized carbons (Fsp3) is 0.500. The number of aryl methyl sites for hydroxylation is 1. The molecule has 0 N–H and O–H groups in total. The highest BCUT2D eigenvalue weighted by Crippen LogP contribution is 2.37. The van der Waals surface area contributed by atoms with Crippen LogP contribution in [-0.4, -0.2) is 25.1 Å². The first-order valence-corrected chi connectivity index (χ1v) is 11.8. The van der Waals surface area contributed by atoms with Gasteiger partial charge in [-0.25, -0.2) is 0 Å². The van der Waals surface area contributed by atoms with Crippen LogP contribution in [0.4, 0.5) is 0 Å². The number of carbonyl (C=O) groups excluding carboxylic acids is 1. The molecule has 0 spiro atoms. The fourth-order valence-corrected chi connectivity index (χ4v) is 4.69. The van der Waals surface area contributed by atoms with Gasteiger partial charge in [-0.2, -0.15) is 0 Å². The van der Waals surface area contributed by atoms with Crippen molar-refractivity contribution in [2.45, 2.75) is 69.8 Å². The second kappa shape index (κ2) is 9.95. The summed E-state index contributed by atoms with van der Waals surface area (Å²) in [5, 5.41) is 0.689. The summed E-state index contributed by atoms with van der Waals surface area (Å²) in [6.07, 6.45) is 9.65. The summed E-state index contributed by atoms with van der Waals surface area (Å²) in [7, 11) is 0. The van der Waals surface area contributed by atoms with Crippen LogP contribution in [0.25, 0.3) is 0 Å². The molecular formula is C26H31ClO4. The Kier molecular flexibility index (Phi) is 7.06. The van der Waals surface area contributed by atoms with E-state index >= 15 is 0 Å². The van der Waals surface area contributed by atoms with Gasteiger partial charge in [0.15, 0.2) is 11.9 Å². The fourth-order valence-electron chi connectivity index (χ4n) is 4.45. The number of rotatable bonds is 8. The second-order valence-corrected chi connectivity index (χ2v) is 9.28. The maximum absolute atomic E-state index is 11.3. The van der Waals surface area contributed by atoms with E-state index in [1.54, 1.807) is 0 Å². The predicted octanol–water partition coefficient (Wildman–Crippen LogP) is 6.52. The molecule has 1 fully saturated rings. The molecule has 1 atom stereocenters. The standard InChI is InChI=1S/C26H31ClO4/c1-26(18-28)13-12-20-8-10-22(17-25(20)31-26)29-14-5-15-30-24-11-9-21(16-23(24)27)19-6-3-2-4-7-19/h8-11,16-19H,2-7,12-15H2,1H3/t26-/m1/s1. The van der Waals surface area contributed by atoms with Gasteiger partial charge in [0, 0.05) is 12.5 Å². The topological polar surface area (TPSA) is 44.8 Å². The molecule has 4 nitrogen and oxygen atoms in total. The lowest BCUT2D eigenvalue weighted by molar-refractivity contribution is -0.121. The Balaban J connectivity index is 1.23. The van der Waals surface area contributed by atoms with Crippen molar-refractivity contribution in [2.24, 2.45) is 0 Å². The van der Waals surface area contributed by atoms with E-state index in [-0.39, 0.29) is 0 Å². The van der Waals surface area contributed by atoms with Crippen molar-refractivity contribution in [1.82, 2.24) is 0 Å². The van der Waals surface area contributed by atoms with Crippen molar-refractivity contribution in [2.75, 3.05) is 13.2 Å². The van der Waals surface area contributed by atoms with Gasteiger partial charge >= 0.3 is 0 Å². The largest absolute Gasteiger partial charge is 0.493 e. The number of carbonyl (C=O) groups is 1. The van der Waals surface area contributed by atoms with Gasteiger partial charge < -0.3 is 14.2 Å². The number of hydrogen-bond donors (Lipinski definition) is 0. The number of benzene rings is 2. The van der Waals surface area contributed by atoms with E-state index < -0.39 is 5.60 Å². The summed E-state index contributed by atoms with van der Waals surface area (Å²) in [5.41, 5.74) is 1.70. The van der Waals surface area contributed by atoms with Gasteiger partial charge in [0.1, 0.15) is 17.2 Å². The summed E-state index contributed by atoms with van der Waals surface area (Å²) in [6.45, 7) is 2.88. The normalized spacial score (nSPS) is 21.1. The Morgan fingerprint density at radius 2 is 1.90 bits per heavy atom. The van der Waals surface area contributed by atoms with Crippen LogP contribution in [0.2, 0.25) is 5.02 Å². The SMILES string of the molecule is C[C@]1(C=O)CCc2ccc(OCCCOc3ccc(C4CCCCC4)cc3Cl)cc2O1. The van der Waals surface area contributed by atoms with Crippen LogP contribution in [0.1, 0.15) is 68.9 Å². The van der Waals surface area contributed by atoms with Crippen LogP contribution >= 0.6 is 11.6 Å². The van der Waals surface area contributed by atoms with Crippen LogP contribution in [0.5, 0.6) is 17.2 Å². The van der Waals surface area contributed by atoms with Gasteiger partial charge in [0.2, 0.25) is 0 Å². The number of fused-ring (bicyclic) bond motifs is 1. The van der Waals surface area contributed by atoms with Gasteiger partial charge in [0.05, 0.1) is 18.2 Å². The van der Waals surface area contributed by atoms with E-state index in [4.69, 9.17) is 25.8 Å². The van der Waals surface area contributed by atoms with E-state index in [1.807, 2.05) is 31.2 Å². The molecule has 166 valence electrons. The third-order valence-electron chi connectivity index (χ3n) is 6.37. The van der Waals surface area contributed by atoms with Crippen LogP contribution in [-0.2, 0) is 11.2 Å². The predicted molar refractivity (Wildman–Crippen MR) is 123 cm³/mol. The average molecular weight is 443 g/mol. The molecule has 1 heterocycles. The molecule has 4 rings (SSSR count). The molecule has 2 aromatic carbocycles. The number of hydrogen-bond acceptors (Lipinski definition) is 4. The van der Waals surface area contributed by atoms with Crippen molar-refractivity contribution in [3.63, 3.8) is 0 Å². The van der Waals surface area contributed by atoms with Crippen LogP contribution < -0.4 is 14.2 Å². The lowest BCUT2D eigenvalue weighted by Crippen LogP contribution is -2.37. The van der Waals surface area contributed by atoms with Crippen molar-refractivity contribution >= 4 is 17.9 Å². The monoisotopic (exact) mass is 442 g/mol. The quantitative estimate of drug-likeness (QED) is 0.345. The molecule has 1 aliphatic carbocycles. The Morgan fingerprint density at radius 3 is 2.68 bits per heavy atom. The van der Waals surface area contributed by atoms with Gasteiger partial charge in [-0.3, -0.25) is 4.79 Å². The van der Waals surface area contributed by atoms with Gasteiger partial charge in [-0.05, 0) is 67.9 Å². The van der Waals surface area contributed by atoms with Crippen LogP contribution in [0.15, 0.2) is 36.4 Å². The zero-order valence-corrected chi connectivity index (χ0v) is 19.0. The molecule has 0 bridgehead atoms. The van der Waals surface area contributed by atoms with E-state index in [2.05, 4.69) is 12.1 Å². The Bertz CT molecular complexity index is 906. The molecule has 0 unspecified atom stereocenters. The maximum atomic E-state index is 11.3. The molecule has 0 aromatic heterocycles. The Labute approximate surface area is 189 Å². The maximum Gasteiger partial charge on any atom is 0.163 e. The molecule has 31 heavy (non-hydrogen) atoms. The zero-order valence-electron chi connectivity index (χ0n) is 18.2. The third kappa shape index (κ3) is 5.54. The molecular weight excluding hydrogens is 412 g/mol. The summed E-state index contributed by atoms with van der Waals surface area (Å²) in [6, 6.07) is 12.1. The highest BCUT2D eigenvalue weighted by atomic mass is 35.5. The van der Waals surface area contributed by atoms with Crippen molar-refractivity contribution < 1.29 is 19.0 Å². The van der Waals surface area contributed by atoms with Crippen LogP contribution in [0.3, 0.4) is 0 Å². The van der Waals surface area contributed by atoms with Gasteiger partial charge in [-0.1, -0.05) is 43.0 Å². The first kappa shape index (κ1) is 22.0. The van der Waals surface area contributed by atoms with E-state index in [1.165, 1.54) is 37.7 Å². The first-order valence-electron chi connectivity index (χ1n) is 11.4. The van der Waals surface area contributed by atoms with Gasteiger partial charge in [0.25, 0.3) is 0 Å². The van der Waals surface area contributed by atoms with Gasteiger partial charge in [-0.15, -0.1) is 0 Å². The van der Waals surface area contributed by atoms with E-state index in [9.17, 15) is 4.79 Å². The zero-order chi connectivity index (χ0) is 21.7. The van der Waals surface area contributed by atoms with Crippen molar-refractivity contribution in [1.29, 1.82) is 0 Å².